The Bertz CT molecular complexity index is 1460. The predicted octanol–water partition coefficient (Wildman–Crippen LogP) is 8.27. The molecule has 3 aromatic rings. The summed E-state index contributed by atoms with van der Waals surface area (Å²) in [6.07, 6.45) is 0.933. The number of carbonyl (C=O) groups excluding carboxylic acids is 1. The van der Waals surface area contributed by atoms with E-state index in [1.165, 1.54) is 0 Å². The Morgan fingerprint density at radius 2 is 1.51 bits per heavy atom. The molecule has 0 bridgehead atoms. The van der Waals surface area contributed by atoms with Crippen molar-refractivity contribution < 1.29 is 38.4 Å². The number of benzene rings is 3. The van der Waals surface area contributed by atoms with E-state index in [1.807, 2.05) is 48.5 Å². The molecule has 12 heteroatoms. The maximum atomic E-state index is 13.1. The van der Waals surface area contributed by atoms with Crippen molar-refractivity contribution in [3.8, 4) is 28.7 Å². The monoisotopic (exact) mass is 704 g/mol. The number of carbonyl (C=O) groups is 1. The third-order valence-corrected chi connectivity index (χ3v) is 8.66. The zero-order valence-corrected chi connectivity index (χ0v) is 29.0. The molecule has 1 aliphatic heterocycles. The molecule has 0 aliphatic carbocycles. The first-order valence-corrected chi connectivity index (χ1v) is 16.3. The molecule has 1 fully saturated rings. The van der Waals surface area contributed by atoms with Gasteiger partial charge in [-0.05, 0) is 87.2 Å². The summed E-state index contributed by atoms with van der Waals surface area (Å²) in [7, 11) is 6.28. The molecule has 244 valence electrons. The number of hydrogen-bond donors (Lipinski definition) is 2. The van der Waals surface area contributed by atoms with Crippen LogP contribution in [-0.2, 0) is 4.74 Å². The van der Waals surface area contributed by atoms with Gasteiger partial charge in [0.05, 0.1) is 58.5 Å². The molecular formula is C33H41BrN2O8S. The smallest absolute Gasteiger partial charge is 0.346 e. The predicted molar refractivity (Wildman–Crippen MR) is 178 cm³/mol. The third kappa shape index (κ3) is 8.49. The molecule has 0 spiro atoms. The summed E-state index contributed by atoms with van der Waals surface area (Å²) >= 11 is 5.15. The summed E-state index contributed by atoms with van der Waals surface area (Å²) in [5.74, 6) is 3.09. The first-order chi connectivity index (χ1) is 21.5. The van der Waals surface area contributed by atoms with E-state index in [0.717, 1.165) is 33.3 Å². The highest BCUT2D eigenvalue weighted by Gasteiger charge is 2.32. The highest BCUT2D eigenvalue weighted by molar-refractivity contribution is 9.10. The first kappa shape index (κ1) is 34.6. The third-order valence-electron chi connectivity index (χ3n) is 7.21. The Kier molecular flexibility index (Phi) is 11.8. The molecule has 2 atom stereocenters. The number of ether oxygens (including phenoxy) is 6. The van der Waals surface area contributed by atoms with Crippen LogP contribution in [0, 0.1) is 0 Å². The van der Waals surface area contributed by atoms with Crippen molar-refractivity contribution >= 4 is 39.4 Å². The van der Waals surface area contributed by atoms with Crippen molar-refractivity contribution in [3.05, 3.63) is 64.1 Å². The van der Waals surface area contributed by atoms with Crippen molar-refractivity contribution in [2.24, 2.45) is 0 Å². The highest BCUT2D eigenvalue weighted by atomic mass is 79.9. The molecule has 2 unspecified atom stereocenters. The maximum Gasteiger partial charge on any atom is 0.346 e. The van der Waals surface area contributed by atoms with Crippen LogP contribution < -0.4 is 29.0 Å². The number of hydrogen-bond acceptors (Lipinski definition) is 9. The number of anilines is 1. The maximum absolute atomic E-state index is 13.1. The lowest BCUT2D eigenvalue weighted by atomic mass is 10.0. The van der Waals surface area contributed by atoms with Crippen LogP contribution in [0.3, 0.4) is 0 Å². The normalized spacial score (nSPS) is 16.2. The summed E-state index contributed by atoms with van der Waals surface area (Å²) in [6, 6.07) is 14.8. The standard InChI is InChI=1S/C33H41BrN2O8S/c1-33(2,3)36(38)32(37)35-24-15-20(16-27(39-4)30(24)43-13-14-45-23-10-8-9-22(34)19-23)25-11-12-26(44-25)21-17-28(40-5)31(42-7)29(18-21)41-6/h8-10,15-19,25-26,38H,11-14H2,1-7H3,(H,35,37). The Balaban J connectivity index is 1.60. The van der Waals surface area contributed by atoms with Gasteiger partial charge in [-0.15, -0.1) is 11.8 Å². The summed E-state index contributed by atoms with van der Waals surface area (Å²) in [5.41, 5.74) is 1.24. The van der Waals surface area contributed by atoms with E-state index >= 15 is 0 Å². The van der Waals surface area contributed by atoms with E-state index in [2.05, 4.69) is 21.2 Å². The molecule has 0 aromatic heterocycles. The number of amides is 2. The topological polar surface area (TPSA) is 108 Å². The number of urea groups is 1. The van der Waals surface area contributed by atoms with Gasteiger partial charge in [0.2, 0.25) is 5.75 Å². The average molecular weight is 706 g/mol. The molecule has 2 amide bonds. The Morgan fingerprint density at radius 1 is 0.933 bits per heavy atom. The lowest BCUT2D eigenvalue weighted by Gasteiger charge is -2.29. The fourth-order valence-corrected chi connectivity index (χ4v) is 6.29. The van der Waals surface area contributed by atoms with E-state index in [0.29, 0.717) is 51.9 Å². The van der Waals surface area contributed by atoms with Gasteiger partial charge in [-0.2, -0.15) is 0 Å². The zero-order valence-electron chi connectivity index (χ0n) is 26.6. The van der Waals surface area contributed by atoms with E-state index in [-0.39, 0.29) is 12.2 Å². The molecule has 0 radical (unpaired) electrons. The Labute approximate surface area is 277 Å². The van der Waals surface area contributed by atoms with Crippen molar-refractivity contribution in [2.75, 3.05) is 46.1 Å². The fourth-order valence-electron chi connectivity index (χ4n) is 4.95. The highest BCUT2D eigenvalue weighted by Crippen LogP contribution is 2.48. The second-order valence-corrected chi connectivity index (χ2v) is 13.4. The molecule has 1 saturated heterocycles. The summed E-state index contributed by atoms with van der Waals surface area (Å²) < 4.78 is 36.1. The number of thioether (sulfide) groups is 1. The van der Waals surface area contributed by atoms with Crippen LogP contribution >= 0.6 is 27.7 Å². The van der Waals surface area contributed by atoms with E-state index in [1.54, 1.807) is 61.0 Å². The second kappa shape index (κ2) is 15.3. The largest absolute Gasteiger partial charge is 0.493 e. The van der Waals surface area contributed by atoms with Gasteiger partial charge in [-0.25, -0.2) is 9.86 Å². The van der Waals surface area contributed by atoms with Crippen molar-refractivity contribution in [3.63, 3.8) is 0 Å². The van der Waals surface area contributed by atoms with Crippen LogP contribution in [0.2, 0.25) is 0 Å². The zero-order chi connectivity index (χ0) is 32.7. The first-order valence-electron chi connectivity index (χ1n) is 14.5. The van der Waals surface area contributed by atoms with Gasteiger partial charge < -0.3 is 33.7 Å². The minimum atomic E-state index is -0.824. The number of nitrogens with zero attached hydrogens (tertiary/aromatic N) is 1. The number of methoxy groups -OCH3 is 4. The van der Waals surface area contributed by atoms with Crippen LogP contribution in [0.25, 0.3) is 0 Å². The summed E-state index contributed by atoms with van der Waals surface area (Å²) in [5, 5.41) is 14.0. The molecule has 0 saturated carbocycles. The van der Waals surface area contributed by atoms with Gasteiger partial charge >= 0.3 is 6.03 Å². The van der Waals surface area contributed by atoms with Gasteiger partial charge in [0, 0.05) is 15.1 Å². The fraction of sp³-hybridized carbons (Fsp3) is 0.424. The van der Waals surface area contributed by atoms with E-state index in [4.69, 9.17) is 28.4 Å². The lowest BCUT2D eigenvalue weighted by molar-refractivity contribution is -0.102. The molecule has 1 heterocycles. The minimum absolute atomic E-state index is 0.229. The van der Waals surface area contributed by atoms with E-state index < -0.39 is 11.6 Å². The van der Waals surface area contributed by atoms with Gasteiger partial charge in [0.25, 0.3) is 0 Å². The van der Waals surface area contributed by atoms with Crippen LogP contribution in [0.1, 0.15) is 56.9 Å². The van der Waals surface area contributed by atoms with Crippen LogP contribution in [-0.4, -0.2) is 62.6 Å². The van der Waals surface area contributed by atoms with Crippen molar-refractivity contribution in [2.45, 2.75) is 56.3 Å². The molecule has 10 nitrogen and oxygen atoms in total. The number of rotatable bonds is 12. The second-order valence-electron chi connectivity index (χ2n) is 11.3. The summed E-state index contributed by atoms with van der Waals surface area (Å²) in [6.45, 7) is 5.54. The molecule has 4 rings (SSSR count). The quantitative estimate of drug-likeness (QED) is 0.0834. The molecular weight excluding hydrogens is 664 g/mol. The SMILES string of the molecule is COc1cc(C2CCC(c3cc(OC)c(OC)c(OC)c3)O2)cc(NC(=O)N(O)C(C)(C)C)c1OCCSc1cccc(Br)c1. The molecule has 3 aromatic carbocycles. The van der Waals surface area contributed by atoms with Crippen LogP contribution in [0.15, 0.2) is 57.9 Å². The van der Waals surface area contributed by atoms with Gasteiger partial charge in [0.1, 0.15) is 0 Å². The van der Waals surface area contributed by atoms with E-state index in [9.17, 15) is 10.0 Å². The Hall–Kier alpha value is -3.32. The number of halogens is 1. The number of nitrogens with one attached hydrogen (secondary N) is 1. The lowest BCUT2D eigenvalue weighted by Crippen LogP contribution is -2.45. The Morgan fingerprint density at radius 3 is 2.04 bits per heavy atom. The van der Waals surface area contributed by atoms with Gasteiger partial charge in [-0.1, -0.05) is 22.0 Å². The summed E-state index contributed by atoms with van der Waals surface area (Å²) in [4.78, 5) is 14.2. The molecule has 1 aliphatic rings. The molecule has 45 heavy (non-hydrogen) atoms. The minimum Gasteiger partial charge on any atom is -0.493 e. The van der Waals surface area contributed by atoms with Crippen molar-refractivity contribution in [1.82, 2.24) is 5.06 Å². The molecule has 2 N–H and O–H groups in total. The van der Waals surface area contributed by atoms with Crippen molar-refractivity contribution in [1.29, 1.82) is 0 Å². The van der Waals surface area contributed by atoms with Gasteiger partial charge in [0.15, 0.2) is 23.0 Å². The average Bonchev–Trinajstić information content (AvgIpc) is 3.52. The number of hydroxylamine groups is 2. The van der Waals surface area contributed by atoms with Crippen LogP contribution in [0.4, 0.5) is 10.5 Å². The van der Waals surface area contributed by atoms with Crippen LogP contribution in [0.5, 0.6) is 28.7 Å². The van der Waals surface area contributed by atoms with Gasteiger partial charge in [-0.3, -0.25) is 5.21 Å².